The van der Waals surface area contributed by atoms with E-state index in [0.29, 0.717) is 23.8 Å². The first-order valence-electron chi connectivity index (χ1n) is 9.83. The molecule has 0 saturated heterocycles. The highest BCUT2D eigenvalue weighted by molar-refractivity contribution is 7.08. The molecule has 0 radical (unpaired) electrons. The van der Waals surface area contributed by atoms with Gasteiger partial charge in [0.15, 0.2) is 5.82 Å². The van der Waals surface area contributed by atoms with Crippen molar-refractivity contribution in [2.75, 3.05) is 0 Å². The molecular weight excluding hydrogens is 462 g/mol. The number of aromatic nitrogens is 3. The number of nitrogens with zero attached hydrogens (tertiary/aromatic N) is 4. The zero-order valence-corrected chi connectivity index (χ0v) is 18.5. The predicted molar refractivity (Wildman–Crippen MR) is 127 cm³/mol. The summed E-state index contributed by atoms with van der Waals surface area (Å²) in [6.07, 6.45) is 3.52. The van der Waals surface area contributed by atoms with E-state index in [0.717, 1.165) is 22.0 Å². The fourth-order valence-electron chi connectivity index (χ4n) is 3.34. The smallest absolute Gasteiger partial charge is 0.271 e. The molecule has 0 atom stereocenters. The van der Waals surface area contributed by atoms with Crippen LogP contribution in [0.1, 0.15) is 21.7 Å². The summed E-state index contributed by atoms with van der Waals surface area (Å²) in [5.41, 5.74) is 5.48. The summed E-state index contributed by atoms with van der Waals surface area (Å²) in [6.45, 7) is 0.454. The summed E-state index contributed by atoms with van der Waals surface area (Å²) in [6, 6.07) is 13.9. The van der Waals surface area contributed by atoms with Gasteiger partial charge in [-0.15, -0.1) is 0 Å². The number of phenols is 1. The number of hydrogen-bond donors (Lipinski definition) is 2. The second kappa shape index (κ2) is 8.89. The number of thiophene rings is 1. The number of halogens is 1. The highest BCUT2D eigenvalue weighted by atomic mass is 35.5. The summed E-state index contributed by atoms with van der Waals surface area (Å²) < 4.78 is 7.39. The molecule has 3 heterocycles. The Morgan fingerprint density at radius 3 is 3.00 bits per heavy atom. The molecule has 8 nitrogen and oxygen atoms in total. The third-order valence-corrected chi connectivity index (χ3v) is 5.96. The number of carbonyl (C=O) groups excluding carboxylic acids is 1. The predicted octanol–water partition coefficient (Wildman–Crippen LogP) is 4.92. The number of nitrogens with one attached hydrogen (secondary N) is 1. The van der Waals surface area contributed by atoms with E-state index in [1.165, 1.54) is 18.2 Å². The van der Waals surface area contributed by atoms with Crippen molar-refractivity contribution in [2.24, 2.45) is 5.10 Å². The van der Waals surface area contributed by atoms with Crippen molar-refractivity contribution in [3.63, 3.8) is 0 Å². The van der Waals surface area contributed by atoms with E-state index >= 15 is 0 Å². The topological polar surface area (TPSA) is 106 Å². The summed E-state index contributed by atoms with van der Waals surface area (Å²) in [5, 5.41) is 22.6. The zero-order valence-electron chi connectivity index (χ0n) is 17.0. The van der Waals surface area contributed by atoms with Crippen LogP contribution in [0.5, 0.6) is 5.75 Å². The molecule has 3 aromatic heterocycles. The molecule has 0 unspecified atom stereocenters. The van der Waals surface area contributed by atoms with Gasteiger partial charge in [0, 0.05) is 33.6 Å². The summed E-state index contributed by atoms with van der Waals surface area (Å²) in [5.74, 6) is 0.557. The fourth-order valence-corrected chi connectivity index (χ4v) is 4.16. The van der Waals surface area contributed by atoms with Gasteiger partial charge in [0.1, 0.15) is 5.75 Å². The Hall–Kier alpha value is -3.95. The van der Waals surface area contributed by atoms with Crippen LogP contribution < -0.4 is 5.43 Å². The van der Waals surface area contributed by atoms with Crippen LogP contribution in [0.2, 0.25) is 5.02 Å². The molecule has 1 amide bonds. The maximum absolute atomic E-state index is 12.3. The first kappa shape index (κ1) is 20.9. The van der Waals surface area contributed by atoms with Gasteiger partial charge in [-0.3, -0.25) is 4.79 Å². The van der Waals surface area contributed by atoms with Crippen molar-refractivity contribution in [1.82, 2.24) is 20.1 Å². The van der Waals surface area contributed by atoms with Crippen molar-refractivity contribution in [1.29, 1.82) is 0 Å². The van der Waals surface area contributed by atoms with E-state index in [-0.39, 0.29) is 10.8 Å². The molecule has 5 rings (SSSR count). The number of hydrogen-bond acceptors (Lipinski definition) is 7. The molecule has 0 saturated carbocycles. The van der Waals surface area contributed by atoms with Crippen LogP contribution in [0, 0.1) is 0 Å². The van der Waals surface area contributed by atoms with Crippen LogP contribution in [0.3, 0.4) is 0 Å². The van der Waals surface area contributed by atoms with Crippen molar-refractivity contribution < 1.29 is 14.4 Å². The summed E-state index contributed by atoms with van der Waals surface area (Å²) >= 11 is 7.43. The van der Waals surface area contributed by atoms with Gasteiger partial charge >= 0.3 is 0 Å². The monoisotopic (exact) mass is 477 g/mol. The largest absolute Gasteiger partial charge is 0.506 e. The average Bonchev–Trinajstić information content (AvgIpc) is 3.57. The number of fused-ring (bicyclic) bond motifs is 1. The van der Waals surface area contributed by atoms with E-state index in [4.69, 9.17) is 16.1 Å². The van der Waals surface area contributed by atoms with Crippen LogP contribution in [0.15, 0.2) is 75.1 Å². The lowest BCUT2D eigenvalue weighted by molar-refractivity contribution is 0.0955. The number of benzene rings is 2. The van der Waals surface area contributed by atoms with Gasteiger partial charge in [-0.25, -0.2) is 5.43 Å². The number of hydrazone groups is 1. The Kier molecular flexibility index (Phi) is 5.64. The highest BCUT2D eigenvalue weighted by Gasteiger charge is 2.12. The molecule has 0 aliphatic carbocycles. The van der Waals surface area contributed by atoms with Gasteiger partial charge in [-0.2, -0.15) is 21.4 Å². The third kappa shape index (κ3) is 4.36. The van der Waals surface area contributed by atoms with Gasteiger partial charge < -0.3 is 14.2 Å². The minimum atomic E-state index is -0.434. The minimum absolute atomic E-state index is 0.0867. The van der Waals surface area contributed by atoms with Crippen molar-refractivity contribution >= 4 is 46.0 Å². The van der Waals surface area contributed by atoms with Gasteiger partial charge in [0.25, 0.3) is 11.8 Å². The molecule has 2 N–H and O–H groups in total. The molecule has 164 valence electrons. The molecular formula is C23H16ClN5O3S. The quantitative estimate of drug-likeness (QED) is 0.266. The van der Waals surface area contributed by atoms with E-state index in [2.05, 4.69) is 20.7 Å². The lowest BCUT2D eigenvalue weighted by Crippen LogP contribution is -2.17. The molecule has 0 aliphatic heterocycles. The average molecular weight is 478 g/mol. The van der Waals surface area contributed by atoms with Gasteiger partial charge in [0.2, 0.25) is 0 Å². The van der Waals surface area contributed by atoms with E-state index in [1.54, 1.807) is 17.6 Å². The maximum Gasteiger partial charge on any atom is 0.271 e. The SMILES string of the molecule is O=C(N/N=C/c1cccc2c1ccn2Cc1noc(-c2ccsc2)n1)c1ccc(O)c(Cl)c1. The minimum Gasteiger partial charge on any atom is -0.506 e. The lowest BCUT2D eigenvalue weighted by atomic mass is 10.1. The number of rotatable bonds is 6. The maximum atomic E-state index is 12.3. The first-order chi connectivity index (χ1) is 16.1. The highest BCUT2D eigenvalue weighted by Crippen LogP contribution is 2.24. The normalized spacial score (nSPS) is 11.4. The summed E-state index contributed by atoms with van der Waals surface area (Å²) in [7, 11) is 0. The van der Waals surface area contributed by atoms with Crippen molar-refractivity contribution in [3.05, 3.63) is 87.5 Å². The Morgan fingerprint density at radius 2 is 2.18 bits per heavy atom. The Balaban J connectivity index is 1.32. The number of carbonyl (C=O) groups is 1. The van der Waals surface area contributed by atoms with E-state index in [1.807, 2.05) is 51.9 Å². The molecule has 5 aromatic rings. The van der Waals surface area contributed by atoms with Crippen LogP contribution in [-0.2, 0) is 6.54 Å². The van der Waals surface area contributed by atoms with Gasteiger partial charge in [-0.05, 0) is 41.8 Å². The molecule has 2 aromatic carbocycles. The lowest BCUT2D eigenvalue weighted by Gasteiger charge is -2.04. The number of phenolic OH excluding ortho intramolecular Hbond substituents is 1. The number of aromatic hydroxyl groups is 1. The molecule has 0 bridgehead atoms. The van der Waals surface area contributed by atoms with Crippen LogP contribution in [0.4, 0.5) is 0 Å². The van der Waals surface area contributed by atoms with Crippen LogP contribution in [-0.4, -0.2) is 31.9 Å². The standard InChI is InChI=1S/C23H16ClN5O3S/c24-18-10-14(4-5-20(18)30)22(31)27-25-11-15-2-1-3-19-17(15)6-8-29(19)12-21-26-23(32-28-21)16-7-9-33-13-16/h1-11,13,30H,12H2,(H,27,31)/b25-11+. The van der Waals surface area contributed by atoms with Gasteiger partial charge in [0.05, 0.1) is 23.3 Å². The van der Waals surface area contributed by atoms with Crippen LogP contribution in [0.25, 0.3) is 22.4 Å². The second-order valence-electron chi connectivity index (χ2n) is 7.12. The zero-order chi connectivity index (χ0) is 22.8. The molecule has 33 heavy (non-hydrogen) atoms. The van der Waals surface area contributed by atoms with E-state index < -0.39 is 5.91 Å². The summed E-state index contributed by atoms with van der Waals surface area (Å²) in [4.78, 5) is 16.7. The Morgan fingerprint density at radius 1 is 1.27 bits per heavy atom. The molecule has 0 fully saturated rings. The fraction of sp³-hybridized carbons (Fsp3) is 0.0435. The Labute approximate surface area is 196 Å². The third-order valence-electron chi connectivity index (χ3n) is 4.97. The molecule has 10 heteroatoms. The number of amides is 1. The van der Waals surface area contributed by atoms with Crippen molar-refractivity contribution in [3.8, 4) is 17.2 Å². The van der Waals surface area contributed by atoms with Gasteiger partial charge in [-0.1, -0.05) is 28.9 Å². The molecule has 0 spiro atoms. The molecule has 0 aliphatic rings. The van der Waals surface area contributed by atoms with E-state index in [9.17, 15) is 9.90 Å². The van der Waals surface area contributed by atoms with Crippen molar-refractivity contribution in [2.45, 2.75) is 6.54 Å². The first-order valence-corrected chi connectivity index (χ1v) is 11.2. The second-order valence-corrected chi connectivity index (χ2v) is 8.30. The van der Waals surface area contributed by atoms with Crippen LogP contribution >= 0.6 is 22.9 Å². The Bertz CT molecular complexity index is 1470.